The lowest BCUT2D eigenvalue weighted by molar-refractivity contribution is 0.146. The molecule has 1 aliphatic rings. The van der Waals surface area contributed by atoms with E-state index in [1.807, 2.05) is 13.8 Å². The van der Waals surface area contributed by atoms with E-state index in [4.69, 9.17) is 0 Å². The predicted octanol–water partition coefficient (Wildman–Crippen LogP) is 1.34. The first-order valence-electron chi connectivity index (χ1n) is 3.59. The van der Waals surface area contributed by atoms with Crippen LogP contribution in [0.3, 0.4) is 0 Å². The highest BCUT2D eigenvalue weighted by Gasteiger charge is 2.28. The zero-order valence-corrected chi connectivity index (χ0v) is 6.02. The predicted molar refractivity (Wildman–Crippen MR) is 36.1 cm³/mol. The van der Waals surface area contributed by atoms with Gasteiger partial charge in [0.2, 0.25) is 0 Å². The molecule has 0 aromatic heterocycles. The van der Waals surface area contributed by atoms with E-state index < -0.39 is 6.17 Å². The van der Waals surface area contributed by atoms with Crippen molar-refractivity contribution in [3.63, 3.8) is 0 Å². The number of halogens is 1. The molecule has 1 fully saturated rings. The van der Waals surface area contributed by atoms with Crippen LogP contribution in [0, 0.1) is 5.92 Å². The Hall–Kier alpha value is -0.110. The van der Waals surface area contributed by atoms with Crippen molar-refractivity contribution in [1.82, 2.24) is 5.32 Å². The second-order valence-electron chi connectivity index (χ2n) is 3.04. The molecule has 0 spiro atoms. The maximum Gasteiger partial charge on any atom is 0.118 e. The Kier molecular flexibility index (Phi) is 2.06. The molecule has 0 radical (unpaired) electrons. The van der Waals surface area contributed by atoms with Crippen molar-refractivity contribution in [3.05, 3.63) is 0 Å². The first kappa shape index (κ1) is 7.00. The minimum absolute atomic E-state index is 0.157. The molecule has 9 heavy (non-hydrogen) atoms. The molecule has 1 heterocycles. The summed E-state index contributed by atoms with van der Waals surface area (Å²) in [6.07, 6.45) is 0.373. The Labute approximate surface area is 55.6 Å². The van der Waals surface area contributed by atoms with Crippen LogP contribution < -0.4 is 5.32 Å². The molecule has 1 N–H and O–H groups in total. The van der Waals surface area contributed by atoms with Gasteiger partial charge in [0, 0.05) is 6.04 Å². The highest BCUT2D eigenvalue weighted by atomic mass is 19.1. The van der Waals surface area contributed by atoms with Crippen LogP contribution in [0.2, 0.25) is 0 Å². The first-order chi connectivity index (χ1) is 4.22. The summed E-state index contributed by atoms with van der Waals surface area (Å²) in [7, 11) is 0. The van der Waals surface area contributed by atoms with Crippen molar-refractivity contribution in [2.45, 2.75) is 32.5 Å². The highest BCUT2D eigenvalue weighted by molar-refractivity contribution is 4.85. The Bertz CT molecular complexity index is 88.9. The highest BCUT2D eigenvalue weighted by Crippen LogP contribution is 2.17. The topological polar surface area (TPSA) is 12.0 Å². The molecule has 1 saturated heterocycles. The lowest BCUT2D eigenvalue weighted by Gasteiger charge is -2.32. The monoisotopic (exact) mass is 131 g/mol. The lowest BCUT2D eigenvalue weighted by Crippen LogP contribution is -2.50. The molecule has 0 aromatic carbocycles. The quantitative estimate of drug-likeness (QED) is 0.596. The number of alkyl halides is 1. The second kappa shape index (κ2) is 2.65. The Balaban J connectivity index is 2.23. The van der Waals surface area contributed by atoms with Gasteiger partial charge in [0.25, 0.3) is 0 Å². The van der Waals surface area contributed by atoms with Gasteiger partial charge in [0.15, 0.2) is 0 Å². The van der Waals surface area contributed by atoms with Crippen LogP contribution in [0.4, 0.5) is 4.39 Å². The summed E-state index contributed by atoms with van der Waals surface area (Å²) < 4.78 is 12.9. The molecule has 0 amide bonds. The third-order valence-electron chi connectivity index (χ3n) is 1.88. The fourth-order valence-corrected chi connectivity index (χ4v) is 1.05. The largest absolute Gasteiger partial charge is 0.311 e. The Morgan fingerprint density at radius 2 is 2.11 bits per heavy atom. The minimum atomic E-state index is -0.640. The van der Waals surface area contributed by atoms with Crippen LogP contribution in [0.15, 0.2) is 0 Å². The minimum Gasteiger partial charge on any atom is -0.311 e. The van der Waals surface area contributed by atoms with E-state index in [-0.39, 0.29) is 12.0 Å². The van der Waals surface area contributed by atoms with Crippen LogP contribution >= 0.6 is 0 Å². The fourth-order valence-electron chi connectivity index (χ4n) is 1.05. The summed E-state index contributed by atoms with van der Waals surface area (Å²) in [6.45, 7) is 4.84. The van der Waals surface area contributed by atoms with Crippen molar-refractivity contribution in [3.8, 4) is 0 Å². The number of rotatable bonds is 2. The van der Waals surface area contributed by atoms with E-state index >= 15 is 0 Å². The molecule has 2 atom stereocenters. The second-order valence-corrected chi connectivity index (χ2v) is 3.04. The van der Waals surface area contributed by atoms with Crippen molar-refractivity contribution in [2.75, 3.05) is 6.54 Å². The van der Waals surface area contributed by atoms with E-state index in [0.29, 0.717) is 0 Å². The molecule has 1 aliphatic heterocycles. The van der Waals surface area contributed by atoms with Gasteiger partial charge >= 0.3 is 0 Å². The summed E-state index contributed by atoms with van der Waals surface area (Å²) in [5, 5.41) is 3.05. The van der Waals surface area contributed by atoms with Gasteiger partial charge in [-0.2, -0.15) is 0 Å². The van der Waals surface area contributed by atoms with E-state index in [9.17, 15) is 4.39 Å². The molecule has 2 heteroatoms. The maximum atomic E-state index is 12.9. The molecule has 2 unspecified atom stereocenters. The molecule has 0 aromatic rings. The first-order valence-corrected chi connectivity index (χ1v) is 3.59. The van der Waals surface area contributed by atoms with Crippen LogP contribution in [-0.4, -0.2) is 18.8 Å². The standard InChI is InChI=1S/C7H14FN/c1-5(2)7(8)6-3-4-9-6/h5-7,9H,3-4H2,1-2H3. The van der Waals surface area contributed by atoms with Crippen LogP contribution in [0.1, 0.15) is 20.3 Å². The Morgan fingerprint density at radius 1 is 1.56 bits per heavy atom. The van der Waals surface area contributed by atoms with Crippen LogP contribution in [0.5, 0.6) is 0 Å². The molecule has 1 rings (SSSR count). The fraction of sp³-hybridized carbons (Fsp3) is 1.00. The molecule has 1 nitrogen and oxygen atoms in total. The van der Waals surface area contributed by atoms with E-state index in [1.54, 1.807) is 0 Å². The van der Waals surface area contributed by atoms with Gasteiger partial charge in [0.05, 0.1) is 0 Å². The molecule has 54 valence electrons. The van der Waals surface area contributed by atoms with Gasteiger partial charge in [-0.15, -0.1) is 0 Å². The summed E-state index contributed by atoms with van der Waals surface area (Å²) in [5.41, 5.74) is 0. The maximum absolute atomic E-state index is 12.9. The average molecular weight is 131 g/mol. The molecular formula is C7H14FN. The molecule has 0 aliphatic carbocycles. The average Bonchev–Trinajstić information content (AvgIpc) is 1.60. The summed E-state index contributed by atoms with van der Waals surface area (Å²) in [4.78, 5) is 0. The molecule has 0 saturated carbocycles. The van der Waals surface area contributed by atoms with Gasteiger partial charge in [0.1, 0.15) is 6.17 Å². The van der Waals surface area contributed by atoms with Gasteiger partial charge in [-0.25, -0.2) is 4.39 Å². The van der Waals surface area contributed by atoms with Crippen molar-refractivity contribution in [2.24, 2.45) is 5.92 Å². The van der Waals surface area contributed by atoms with E-state index in [2.05, 4.69) is 5.32 Å². The third kappa shape index (κ3) is 1.42. The van der Waals surface area contributed by atoms with Gasteiger partial charge in [-0.05, 0) is 18.9 Å². The summed E-state index contributed by atoms with van der Waals surface area (Å²) >= 11 is 0. The van der Waals surface area contributed by atoms with E-state index in [0.717, 1.165) is 13.0 Å². The van der Waals surface area contributed by atoms with Gasteiger partial charge in [-0.3, -0.25) is 0 Å². The zero-order valence-electron chi connectivity index (χ0n) is 6.02. The van der Waals surface area contributed by atoms with Crippen molar-refractivity contribution in [1.29, 1.82) is 0 Å². The summed E-state index contributed by atoms with van der Waals surface area (Å²) in [6, 6.07) is 0.157. The number of hydrogen-bond acceptors (Lipinski definition) is 1. The molecule has 0 bridgehead atoms. The zero-order chi connectivity index (χ0) is 6.85. The van der Waals surface area contributed by atoms with Gasteiger partial charge < -0.3 is 5.32 Å². The normalized spacial score (nSPS) is 30.0. The van der Waals surface area contributed by atoms with Gasteiger partial charge in [-0.1, -0.05) is 13.8 Å². The number of nitrogens with one attached hydrogen (secondary N) is 1. The third-order valence-corrected chi connectivity index (χ3v) is 1.88. The van der Waals surface area contributed by atoms with E-state index in [1.165, 1.54) is 0 Å². The summed E-state index contributed by atoms with van der Waals surface area (Å²) in [5.74, 6) is 0.169. The SMILES string of the molecule is CC(C)C(F)C1CCN1. The van der Waals surface area contributed by atoms with Crippen molar-refractivity contribution >= 4 is 0 Å². The van der Waals surface area contributed by atoms with Crippen LogP contribution in [-0.2, 0) is 0 Å². The smallest absolute Gasteiger partial charge is 0.118 e. The lowest BCUT2D eigenvalue weighted by atomic mass is 9.94. The molecular weight excluding hydrogens is 117 g/mol. The van der Waals surface area contributed by atoms with Crippen LogP contribution in [0.25, 0.3) is 0 Å². The number of hydrogen-bond donors (Lipinski definition) is 1. The van der Waals surface area contributed by atoms with Crippen molar-refractivity contribution < 1.29 is 4.39 Å². The Morgan fingerprint density at radius 3 is 2.22 bits per heavy atom.